The van der Waals surface area contributed by atoms with Gasteiger partial charge in [0.05, 0.1) is 12.9 Å². The number of carboxylic acid groups (broad SMARTS) is 1. The largest absolute Gasteiger partial charge is 0.512 e. The summed E-state index contributed by atoms with van der Waals surface area (Å²) in [6, 6.07) is 57.4. The molecule has 0 spiro atoms. The number of carbonyl (C=O) groups excluding carboxylic acids is 1. The molecule has 0 aliphatic heterocycles. The number of aryl methyl sites for hydroxylation is 1. The van der Waals surface area contributed by atoms with E-state index in [1.165, 1.54) is 105 Å². The first kappa shape index (κ1) is 100. The number of halogens is 12. The Morgan fingerprint density at radius 1 is 0.374 bits per heavy atom. The van der Waals surface area contributed by atoms with Crippen molar-refractivity contribution < 1.29 is 178 Å². The van der Waals surface area contributed by atoms with E-state index in [1.807, 2.05) is 30.3 Å². The first-order chi connectivity index (χ1) is 52.8. The summed E-state index contributed by atoms with van der Waals surface area (Å²) in [5.41, 5.74) is 4.39. The molecule has 0 bridgehead atoms. The standard InChI is InChI=1S/C12H8F2NO.C12H10N.5C9H5F2N2.C6H5NO2.C5H8O2.5Ir/c1-16-9-4-5-15-12(7-9)10-3-2-8(13)6-11(10)14;1-10-5-7-11(8-6-10)12-4-2-3-9-13-12;5*10-7-2-3-9(8(11)6-7)13-5-1-4-12-13;8-6(9)5-3-1-2-4-7-5;1-4(6)3-5(2)7;;;;;/h2,4-7H,1H3;2-7,9H,1H3;5*1-2,4-6H;1-4H,(H,8,9);3,6H,1-2H3;;;;;/q7*-1;;;;;;;. The van der Waals surface area contributed by atoms with Crippen LogP contribution in [0, 0.1) is 119 Å². The molecule has 0 atom stereocenters. The Labute approximate surface area is 718 Å². The van der Waals surface area contributed by atoms with Gasteiger partial charge in [0.25, 0.3) is 0 Å². The third-order valence-corrected chi connectivity index (χ3v) is 13.1. The minimum atomic E-state index is -0.990. The fourth-order valence-electron chi connectivity index (χ4n) is 8.35. The molecule has 8 heterocycles. The van der Waals surface area contributed by atoms with Gasteiger partial charge in [-0.1, -0.05) is 36.8 Å². The summed E-state index contributed by atoms with van der Waals surface area (Å²) in [5.74, 6) is -8.46. The van der Waals surface area contributed by atoms with Crippen molar-refractivity contribution in [1.29, 1.82) is 0 Å². The van der Waals surface area contributed by atoms with E-state index in [-0.39, 0.29) is 152 Å². The van der Waals surface area contributed by atoms with Crippen molar-refractivity contribution in [2.24, 2.45) is 0 Å². The molecule has 8 aromatic heterocycles. The van der Waals surface area contributed by atoms with Crippen LogP contribution in [0.25, 0.3) is 51.0 Å². The maximum atomic E-state index is 13.4. The van der Waals surface area contributed by atoms with Crippen molar-refractivity contribution in [1.82, 2.24) is 63.9 Å². The molecule has 35 heteroatoms. The molecule has 7 aromatic carbocycles. The number of hydrogen-bond acceptors (Lipinski definition) is 12. The average molecular weight is 2470 g/mol. The van der Waals surface area contributed by atoms with Gasteiger partial charge in [0.15, 0.2) is 5.78 Å². The van der Waals surface area contributed by atoms with E-state index in [2.05, 4.69) is 95.9 Å². The van der Waals surface area contributed by atoms with Crippen molar-refractivity contribution in [2.45, 2.75) is 20.8 Å². The van der Waals surface area contributed by atoms with Gasteiger partial charge >= 0.3 is 5.97 Å². The third-order valence-electron chi connectivity index (χ3n) is 13.1. The Hall–Kier alpha value is -11.1. The van der Waals surface area contributed by atoms with Gasteiger partial charge in [0.2, 0.25) is 0 Å². The average Bonchev–Trinajstić information content (AvgIpc) is 1.25. The normalized spacial score (nSPS) is 9.76. The maximum absolute atomic E-state index is 13.4. The van der Waals surface area contributed by atoms with Crippen LogP contribution in [0.2, 0.25) is 0 Å². The molecule has 115 heavy (non-hydrogen) atoms. The van der Waals surface area contributed by atoms with Crippen molar-refractivity contribution in [3.05, 3.63) is 386 Å². The number of aliphatic hydroxyl groups is 1. The molecular formula is C80H56F12Ir5N13O5-7. The minimum absolute atomic E-state index is 0. The summed E-state index contributed by atoms with van der Waals surface area (Å²) < 4.78 is 165. The minimum Gasteiger partial charge on any atom is -0.512 e. The molecule has 0 saturated carbocycles. The first-order valence-electron chi connectivity index (χ1n) is 31.5. The van der Waals surface area contributed by atoms with Crippen LogP contribution in [0.4, 0.5) is 52.7 Å². The van der Waals surface area contributed by atoms with Gasteiger partial charge in [-0.2, -0.15) is 55.8 Å². The Morgan fingerprint density at radius 2 is 0.713 bits per heavy atom. The predicted molar refractivity (Wildman–Crippen MR) is 378 cm³/mol. The zero-order valence-electron chi connectivity index (χ0n) is 59.4. The van der Waals surface area contributed by atoms with Crippen molar-refractivity contribution in [2.75, 3.05) is 7.11 Å². The molecule has 0 aliphatic rings. The van der Waals surface area contributed by atoms with Gasteiger partial charge in [-0.25, -0.2) is 9.78 Å². The van der Waals surface area contributed by atoms with E-state index in [9.17, 15) is 62.3 Å². The molecule has 607 valence electrons. The van der Waals surface area contributed by atoms with E-state index in [0.717, 1.165) is 84.1 Å². The van der Waals surface area contributed by atoms with Gasteiger partial charge in [0.1, 0.15) is 11.4 Å². The quantitative estimate of drug-likeness (QED) is 0.0565. The molecule has 0 fully saturated rings. The summed E-state index contributed by atoms with van der Waals surface area (Å²) in [4.78, 5) is 32.0. The van der Waals surface area contributed by atoms with Gasteiger partial charge in [-0.05, 0) is 114 Å². The number of pyridine rings is 3. The third kappa shape index (κ3) is 33.9. The van der Waals surface area contributed by atoms with Crippen LogP contribution >= 0.6 is 0 Å². The second-order valence-electron chi connectivity index (χ2n) is 21.4. The number of allylic oxidation sites excluding steroid dienone is 2. The molecule has 15 aromatic rings. The first-order valence-corrected chi connectivity index (χ1v) is 31.5. The van der Waals surface area contributed by atoms with Crippen molar-refractivity contribution in [3.8, 4) is 56.7 Å². The molecule has 0 amide bonds. The SMILES string of the molecule is CC(=O)C=C(C)O.COc1ccnc(-c2[c-]cc(F)cc2F)c1.Cc1c[c-]c(-c2ccccn2)cc1.Fc1c[c-]c(-n2cccn2)c(F)c1.Fc1c[c-]c(-n2cccn2)c(F)c1.Fc1c[c-]c(-n2cccn2)c(F)c1.Fc1c[c-]c(-n2cccn2)c(F)c1.Fc1c[c-]c(-n2cccn2)c(F)c1.O=C(O)c1ccccn1.[Ir].[Ir].[Ir].[Ir].[Ir]. The van der Waals surface area contributed by atoms with E-state index in [4.69, 9.17) is 14.9 Å². The van der Waals surface area contributed by atoms with Gasteiger partial charge in [0, 0.05) is 257 Å². The molecule has 2 N–H and O–H groups in total. The van der Waals surface area contributed by atoms with Crippen LogP contribution in [0.15, 0.2) is 262 Å². The van der Waals surface area contributed by atoms with Crippen LogP contribution in [-0.2, 0) is 105 Å². The summed E-state index contributed by atoms with van der Waals surface area (Å²) in [6.45, 7) is 4.90. The fourth-order valence-corrected chi connectivity index (χ4v) is 8.35. The monoisotopic (exact) mass is 2470 g/mol. The molecule has 0 aliphatic carbocycles. The number of aliphatic hydroxyl groups excluding tert-OH is 1. The Morgan fingerprint density at radius 3 is 0.957 bits per heavy atom. The number of rotatable bonds is 10. The smallest absolute Gasteiger partial charge is 0.354 e. The van der Waals surface area contributed by atoms with Crippen LogP contribution in [0.3, 0.4) is 0 Å². The van der Waals surface area contributed by atoms with Crippen LogP contribution in [0.5, 0.6) is 5.75 Å². The second-order valence-corrected chi connectivity index (χ2v) is 21.4. The van der Waals surface area contributed by atoms with Gasteiger partial charge in [-0.3, -0.25) is 80.9 Å². The zero-order valence-corrected chi connectivity index (χ0v) is 71.4. The number of carboxylic acids is 1. The topological polar surface area (TPSA) is 212 Å². The van der Waals surface area contributed by atoms with Crippen LogP contribution < -0.4 is 4.74 Å². The summed E-state index contributed by atoms with van der Waals surface area (Å²) in [5, 5.41) is 35.7. The Bertz CT molecular complexity index is 4880. The number of benzene rings is 7. The van der Waals surface area contributed by atoms with E-state index < -0.39 is 75.8 Å². The summed E-state index contributed by atoms with van der Waals surface area (Å²) in [6.07, 6.45) is 21.3. The number of aromatic carboxylic acids is 1. The fraction of sp³-hybridized carbons (Fsp3) is 0.0500. The number of nitrogens with zero attached hydrogens (tertiary/aromatic N) is 13. The number of methoxy groups -OCH3 is 1. The molecule has 0 saturated heterocycles. The Balaban J connectivity index is 0.000000439. The van der Waals surface area contributed by atoms with Crippen LogP contribution in [-0.4, -0.2) is 92.9 Å². The Kier molecular flexibility index (Phi) is 45.5. The number of ketones is 1. The van der Waals surface area contributed by atoms with Gasteiger partial charge in [-0.15, -0.1) is 108 Å². The molecular weight excluding hydrogens is 2410 g/mol. The predicted octanol–water partition coefficient (Wildman–Crippen LogP) is 17.3. The number of carbonyl (C=O) groups is 2. The maximum Gasteiger partial charge on any atom is 0.354 e. The van der Waals surface area contributed by atoms with Crippen molar-refractivity contribution >= 4 is 11.8 Å². The van der Waals surface area contributed by atoms with E-state index in [0.29, 0.717) is 11.4 Å². The van der Waals surface area contributed by atoms with E-state index in [1.54, 1.807) is 91.8 Å². The molecule has 18 nitrogen and oxygen atoms in total. The molecule has 5 radical (unpaired) electrons. The zero-order chi connectivity index (χ0) is 79.5. The summed E-state index contributed by atoms with van der Waals surface area (Å²) in [7, 11) is 1.50. The molecule has 15 rings (SSSR count). The number of aromatic nitrogens is 13. The van der Waals surface area contributed by atoms with Gasteiger partial charge < -0.3 is 24.9 Å². The second kappa shape index (κ2) is 52.3. The number of hydrogen-bond donors (Lipinski definition) is 2. The van der Waals surface area contributed by atoms with Crippen molar-refractivity contribution in [3.63, 3.8) is 0 Å². The van der Waals surface area contributed by atoms with Crippen LogP contribution in [0.1, 0.15) is 29.9 Å². The number of ether oxygens (including phenoxy) is 1. The summed E-state index contributed by atoms with van der Waals surface area (Å²) >= 11 is 0. The molecule has 0 unspecified atom stereocenters. The van der Waals surface area contributed by atoms with E-state index >= 15 is 0 Å².